The minimum atomic E-state index is 0.310. The van der Waals surface area contributed by atoms with Crippen LogP contribution in [-0.2, 0) is 0 Å². The third-order valence-electron chi connectivity index (χ3n) is 1.83. The van der Waals surface area contributed by atoms with Crippen molar-refractivity contribution in [3.8, 4) is 18.2 Å². The van der Waals surface area contributed by atoms with E-state index in [1.54, 1.807) is 6.08 Å². The van der Waals surface area contributed by atoms with Crippen molar-refractivity contribution in [2.75, 3.05) is 0 Å². The summed E-state index contributed by atoms with van der Waals surface area (Å²) in [6.07, 6.45) is 3.08. The Morgan fingerprint density at radius 3 is 1.87 bits per heavy atom. The molecule has 0 atom stereocenters. The van der Waals surface area contributed by atoms with Gasteiger partial charge in [0.15, 0.2) is 0 Å². The molecule has 0 saturated heterocycles. The number of allylic oxidation sites excluding steroid dienone is 1. The highest BCUT2D eigenvalue weighted by Crippen LogP contribution is 2.18. The van der Waals surface area contributed by atoms with Crippen LogP contribution in [0, 0.1) is 40.9 Å². The molecule has 0 unspecified atom stereocenters. The highest BCUT2D eigenvalue weighted by molar-refractivity contribution is 5.67. The number of hydrogen-bond acceptors (Lipinski definition) is 3. The van der Waals surface area contributed by atoms with Crippen molar-refractivity contribution >= 4 is 6.08 Å². The van der Waals surface area contributed by atoms with Gasteiger partial charge in [0.2, 0.25) is 0 Å². The fourth-order valence-corrected chi connectivity index (χ4v) is 1.20. The second-order valence-corrected chi connectivity index (χ2v) is 2.72. The summed E-state index contributed by atoms with van der Waals surface area (Å²) in [6, 6.07) is 8.71. The lowest BCUT2D eigenvalue weighted by atomic mass is 9.99. The van der Waals surface area contributed by atoms with E-state index in [4.69, 9.17) is 15.8 Å². The maximum Gasteiger partial charge on any atom is 0.0998 e. The van der Waals surface area contributed by atoms with Crippen LogP contribution in [-0.4, -0.2) is 0 Å². The molecule has 0 amide bonds. The van der Waals surface area contributed by atoms with Gasteiger partial charge in [0.25, 0.3) is 0 Å². The summed E-state index contributed by atoms with van der Waals surface area (Å²) in [4.78, 5) is 0. The van der Waals surface area contributed by atoms with E-state index < -0.39 is 0 Å². The molecule has 0 spiro atoms. The average molecular weight is 192 g/mol. The van der Waals surface area contributed by atoms with Crippen LogP contribution in [0.1, 0.15) is 22.3 Å². The van der Waals surface area contributed by atoms with Gasteiger partial charge in [0.05, 0.1) is 34.9 Å². The zero-order valence-electron chi connectivity index (χ0n) is 7.86. The summed E-state index contributed by atoms with van der Waals surface area (Å²) in [5.74, 6) is 0. The zero-order valence-corrected chi connectivity index (χ0v) is 7.86. The molecule has 0 fully saturated rings. The lowest BCUT2D eigenvalue weighted by Crippen LogP contribution is -1.90. The molecule has 1 aromatic carbocycles. The predicted molar refractivity (Wildman–Crippen MR) is 55.0 cm³/mol. The van der Waals surface area contributed by atoms with Crippen molar-refractivity contribution in [1.82, 2.24) is 0 Å². The smallest absolute Gasteiger partial charge is 0.0998 e. The van der Waals surface area contributed by atoms with Gasteiger partial charge in [-0.05, 0) is 19.1 Å². The van der Waals surface area contributed by atoms with E-state index in [2.05, 4.69) is 6.92 Å². The number of hydrogen-bond donors (Lipinski definition) is 0. The molecule has 69 valence electrons. The van der Waals surface area contributed by atoms with Crippen LogP contribution >= 0.6 is 0 Å². The Kier molecular flexibility index (Phi) is 3.23. The fraction of sp³-hybridized carbons (Fsp3) is 0. The van der Waals surface area contributed by atoms with Gasteiger partial charge in [-0.3, -0.25) is 0 Å². The standard InChI is InChI=1S/C12H6N3/c1-2-3-12-10(7-14)4-9(6-13)5-11(12)8-15/h2-5H,1H2. The molecule has 0 N–H and O–H groups in total. The maximum absolute atomic E-state index is 8.86. The maximum atomic E-state index is 8.86. The second kappa shape index (κ2) is 4.61. The first-order valence-electron chi connectivity index (χ1n) is 4.11. The fourth-order valence-electron chi connectivity index (χ4n) is 1.20. The number of rotatable bonds is 1. The van der Waals surface area contributed by atoms with Crippen LogP contribution in [0.2, 0.25) is 0 Å². The largest absolute Gasteiger partial charge is 0.192 e. The monoisotopic (exact) mass is 192 g/mol. The normalized spacial score (nSPS) is 9.20. The Hall–Kier alpha value is -2.57. The Balaban J connectivity index is 3.59. The Morgan fingerprint density at radius 1 is 1.00 bits per heavy atom. The minimum absolute atomic E-state index is 0.310. The molecule has 3 heteroatoms. The molecule has 0 aliphatic heterocycles. The summed E-state index contributed by atoms with van der Waals surface area (Å²) in [6.45, 7) is 3.51. The molecule has 0 saturated carbocycles. The van der Waals surface area contributed by atoms with Crippen LogP contribution in [0.4, 0.5) is 0 Å². The molecule has 3 nitrogen and oxygen atoms in total. The molecule has 0 aliphatic carbocycles. The molecule has 0 bridgehead atoms. The first-order chi connectivity index (χ1) is 7.26. The van der Waals surface area contributed by atoms with Gasteiger partial charge in [-0.2, -0.15) is 15.8 Å². The molecule has 1 radical (unpaired) electrons. The first-order valence-corrected chi connectivity index (χ1v) is 4.11. The molecule has 0 aliphatic rings. The lowest BCUT2D eigenvalue weighted by Gasteiger charge is -2.01. The van der Waals surface area contributed by atoms with Crippen LogP contribution in [0.25, 0.3) is 6.08 Å². The van der Waals surface area contributed by atoms with Gasteiger partial charge < -0.3 is 0 Å². The van der Waals surface area contributed by atoms with Crippen molar-refractivity contribution in [2.24, 2.45) is 0 Å². The SMILES string of the molecule is [CH2]C=Cc1c(C#N)cc(C#N)cc1C#N. The number of benzene rings is 1. The molecular formula is C12H6N3. The van der Waals surface area contributed by atoms with E-state index in [0.29, 0.717) is 22.3 Å². The van der Waals surface area contributed by atoms with Crippen LogP contribution < -0.4 is 0 Å². The molecule has 1 aromatic rings. The van der Waals surface area contributed by atoms with Crippen molar-refractivity contribution in [3.05, 3.63) is 47.4 Å². The highest BCUT2D eigenvalue weighted by Gasteiger charge is 2.07. The zero-order chi connectivity index (χ0) is 11.3. The summed E-state index contributed by atoms with van der Waals surface area (Å²) in [5.41, 5.74) is 1.44. The summed E-state index contributed by atoms with van der Waals surface area (Å²) in [7, 11) is 0. The number of nitrogens with zero attached hydrogens (tertiary/aromatic N) is 3. The van der Waals surface area contributed by atoms with Crippen LogP contribution in [0.3, 0.4) is 0 Å². The van der Waals surface area contributed by atoms with Gasteiger partial charge in [0.1, 0.15) is 0 Å². The van der Waals surface area contributed by atoms with E-state index in [-0.39, 0.29) is 0 Å². The topological polar surface area (TPSA) is 71.4 Å². The van der Waals surface area contributed by atoms with Crippen LogP contribution in [0.15, 0.2) is 18.2 Å². The summed E-state index contributed by atoms with van der Waals surface area (Å²) >= 11 is 0. The minimum Gasteiger partial charge on any atom is -0.192 e. The van der Waals surface area contributed by atoms with Crippen molar-refractivity contribution in [1.29, 1.82) is 15.8 Å². The van der Waals surface area contributed by atoms with Crippen LogP contribution in [0.5, 0.6) is 0 Å². The van der Waals surface area contributed by atoms with Gasteiger partial charge in [0, 0.05) is 5.56 Å². The molecule has 0 aromatic heterocycles. The Bertz CT molecular complexity index is 498. The lowest BCUT2D eigenvalue weighted by molar-refractivity contribution is 1.40. The Morgan fingerprint density at radius 2 is 1.53 bits per heavy atom. The van der Waals surface area contributed by atoms with Crippen molar-refractivity contribution in [3.63, 3.8) is 0 Å². The third-order valence-corrected chi connectivity index (χ3v) is 1.83. The molecule has 1 rings (SSSR count). The Labute approximate surface area is 88.1 Å². The van der Waals surface area contributed by atoms with E-state index in [1.165, 1.54) is 18.2 Å². The third kappa shape index (κ3) is 2.02. The average Bonchev–Trinajstić information content (AvgIpc) is 2.29. The van der Waals surface area contributed by atoms with Gasteiger partial charge in [-0.25, -0.2) is 0 Å². The van der Waals surface area contributed by atoms with E-state index in [1.807, 2.05) is 18.2 Å². The van der Waals surface area contributed by atoms with Gasteiger partial charge >= 0.3 is 0 Å². The number of nitriles is 3. The van der Waals surface area contributed by atoms with Gasteiger partial charge in [-0.1, -0.05) is 12.2 Å². The molecule has 0 heterocycles. The summed E-state index contributed by atoms with van der Waals surface area (Å²) < 4.78 is 0. The van der Waals surface area contributed by atoms with E-state index in [9.17, 15) is 0 Å². The predicted octanol–water partition coefficient (Wildman–Crippen LogP) is 2.15. The summed E-state index contributed by atoms with van der Waals surface area (Å²) in [5, 5.41) is 26.4. The van der Waals surface area contributed by atoms with Gasteiger partial charge in [-0.15, -0.1) is 0 Å². The molecule has 15 heavy (non-hydrogen) atoms. The van der Waals surface area contributed by atoms with Crippen molar-refractivity contribution in [2.45, 2.75) is 0 Å². The van der Waals surface area contributed by atoms with E-state index >= 15 is 0 Å². The van der Waals surface area contributed by atoms with E-state index in [0.717, 1.165) is 0 Å². The quantitative estimate of drug-likeness (QED) is 0.684. The first kappa shape index (κ1) is 10.5. The highest BCUT2D eigenvalue weighted by atomic mass is 14.3. The second-order valence-electron chi connectivity index (χ2n) is 2.72. The molecular weight excluding hydrogens is 186 g/mol. The van der Waals surface area contributed by atoms with Crippen molar-refractivity contribution < 1.29 is 0 Å².